The summed E-state index contributed by atoms with van der Waals surface area (Å²) in [5.74, 6) is -5.22. The van der Waals surface area contributed by atoms with Gasteiger partial charge < -0.3 is 39.4 Å². The molecule has 6 aliphatic rings. The van der Waals surface area contributed by atoms with Crippen molar-refractivity contribution < 1.29 is 53.8 Å². The van der Waals surface area contributed by atoms with Crippen molar-refractivity contribution in [2.24, 2.45) is 28.1 Å². The number of aliphatic hydroxyl groups excluding tert-OH is 3. The summed E-state index contributed by atoms with van der Waals surface area (Å²) in [6.45, 7) is 6.63. The molecule has 0 aromatic heterocycles. The Morgan fingerprint density at radius 3 is 2.19 bits per heavy atom. The van der Waals surface area contributed by atoms with Gasteiger partial charge in [0.25, 0.3) is 0 Å². The molecule has 0 aromatic carbocycles. The lowest BCUT2D eigenvalue weighted by Crippen LogP contribution is -2.67. The van der Waals surface area contributed by atoms with Crippen molar-refractivity contribution >= 4 is 17.9 Å². The van der Waals surface area contributed by atoms with Crippen LogP contribution in [0.3, 0.4) is 0 Å². The lowest BCUT2D eigenvalue weighted by atomic mass is 9.51. The zero-order valence-corrected chi connectivity index (χ0v) is 17.3. The fraction of sp³-hybridized carbons (Fsp3) is 0.850. The van der Waals surface area contributed by atoms with Gasteiger partial charge in [0.15, 0.2) is 17.8 Å². The first-order chi connectivity index (χ1) is 14.3. The highest BCUT2D eigenvalue weighted by Crippen LogP contribution is 2.84. The summed E-state index contributed by atoms with van der Waals surface area (Å²) in [6, 6.07) is 0. The molecule has 0 aromatic rings. The van der Waals surface area contributed by atoms with E-state index in [1.54, 1.807) is 20.8 Å². The molecule has 170 valence electrons. The largest absolute Gasteiger partial charge is 0.456 e. The van der Waals surface area contributed by atoms with E-state index in [4.69, 9.17) is 18.9 Å². The van der Waals surface area contributed by atoms with Gasteiger partial charge in [0, 0.05) is 5.92 Å². The topological polar surface area (TPSA) is 169 Å². The predicted octanol–water partition coefficient (Wildman–Crippen LogP) is -2.40. The molecular weight excluding hydrogens is 416 g/mol. The highest BCUT2D eigenvalue weighted by molar-refractivity contribution is 5.94. The second-order valence-electron chi connectivity index (χ2n) is 10.8. The Morgan fingerprint density at radius 1 is 0.935 bits per heavy atom. The highest BCUT2D eigenvalue weighted by Gasteiger charge is 3.05. The minimum Gasteiger partial charge on any atom is -0.456 e. The van der Waals surface area contributed by atoms with E-state index in [9.17, 15) is 34.8 Å². The summed E-state index contributed by atoms with van der Waals surface area (Å²) in [7, 11) is 0. The third-order valence-electron chi connectivity index (χ3n) is 8.95. The molecule has 0 radical (unpaired) electrons. The van der Waals surface area contributed by atoms with E-state index in [1.165, 1.54) is 6.92 Å². The zero-order chi connectivity index (χ0) is 22.7. The number of ether oxygens (including phenoxy) is 4. The van der Waals surface area contributed by atoms with Gasteiger partial charge in [0.05, 0.1) is 22.9 Å². The van der Waals surface area contributed by atoms with Gasteiger partial charge in [-0.05, 0) is 12.3 Å². The summed E-state index contributed by atoms with van der Waals surface area (Å²) in [5, 5.41) is 46.1. The molecule has 4 aliphatic heterocycles. The van der Waals surface area contributed by atoms with Gasteiger partial charge in [-0.15, -0.1) is 0 Å². The van der Waals surface area contributed by atoms with Crippen molar-refractivity contribution in [3.8, 4) is 0 Å². The average molecular weight is 440 g/mol. The normalized spacial score (nSPS) is 61.0. The smallest absolute Gasteiger partial charge is 0.343 e. The fourth-order valence-corrected chi connectivity index (χ4v) is 8.27. The Morgan fingerprint density at radius 2 is 1.58 bits per heavy atom. The number of carbonyl (C=O) groups excluding carboxylic acids is 3. The predicted molar refractivity (Wildman–Crippen MR) is 93.4 cm³/mol. The van der Waals surface area contributed by atoms with Crippen molar-refractivity contribution in [1.29, 1.82) is 0 Å². The monoisotopic (exact) mass is 440 g/mol. The SMILES string of the molecule is C[C@H]1C(=O)OC2[C@H](O)C34C5OC(=O)[C@]3(OC3OC(=O)[C@H](O)C34[C@H](C(C)(C)C)[C@H]5O)[C@]21O. The quantitative estimate of drug-likeness (QED) is 0.234. The maximum Gasteiger partial charge on any atom is 0.343 e. The molecule has 12 atom stereocenters. The minimum atomic E-state index is -2.40. The first kappa shape index (κ1) is 19.9. The molecule has 2 saturated carbocycles. The third kappa shape index (κ3) is 1.43. The molecule has 5 unspecified atom stereocenters. The number of hydrogen-bond donors (Lipinski definition) is 4. The maximum atomic E-state index is 13.4. The van der Waals surface area contributed by atoms with Crippen molar-refractivity contribution in [2.75, 3.05) is 0 Å². The Bertz CT molecular complexity index is 957. The van der Waals surface area contributed by atoms with E-state index in [-0.39, 0.29) is 0 Å². The Kier molecular flexibility index (Phi) is 3.15. The molecule has 11 heteroatoms. The van der Waals surface area contributed by atoms with Gasteiger partial charge in [-0.1, -0.05) is 20.8 Å². The minimum absolute atomic E-state index is 0.792. The second-order valence-corrected chi connectivity index (χ2v) is 10.8. The van der Waals surface area contributed by atoms with Gasteiger partial charge in [0.1, 0.15) is 12.2 Å². The van der Waals surface area contributed by atoms with Crippen LogP contribution < -0.4 is 0 Å². The van der Waals surface area contributed by atoms with Gasteiger partial charge in [-0.3, -0.25) is 4.79 Å². The lowest BCUT2D eigenvalue weighted by Gasteiger charge is -2.47. The van der Waals surface area contributed by atoms with E-state index in [1.807, 2.05) is 0 Å². The van der Waals surface area contributed by atoms with Crippen LogP contribution in [0, 0.1) is 28.1 Å². The Balaban J connectivity index is 1.75. The first-order valence-corrected chi connectivity index (χ1v) is 10.3. The van der Waals surface area contributed by atoms with Gasteiger partial charge in [-0.2, -0.15) is 0 Å². The van der Waals surface area contributed by atoms with Gasteiger partial charge in [-0.25, -0.2) is 9.59 Å². The van der Waals surface area contributed by atoms with Crippen LogP contribution in [-0.2, 0) is 33.3 Å². The number of esters is 3. The highest BCUT2D eigenvalue weighted by atomic mass is 16.8. The summed E-state index contributed by atoms with van der Waals surface area (Å²) in [5.41, 5.74) is -9.40. The number of hydrogen-bond acceptors (Lipinski definition) is 11. The van der Waals surface area contributed by atoms with Gasteiger partial charge >= 0.3 is 17.9 Å². The van der Waals surface area contributed by atoms with E-state index >= 15 is 0 Å². The van der Waals surface area contributed by atoms with Crippen molar-refractivity contribution in [3.05, 3.63) is 0 Å². The van der Waals surface area contributed by atoms with Crippen LogP contribution in [0.5, 0.6) is 0 Å². The molecule has 4 saturated heterocycles. The van der Waals surface area contributed by atoms with Gasteiger partial charge in [0.2, 0.25) is 11.9 Å². The number of carbonyl (C=O) groups is 3. The molecule has 11 nitrogen and oxygen atoms in total. The third-order valence-corrected chi connectivity index (χ3v) is 8.95. The Hall–Kier alpha value is -1.79. The molecule has 31 heavy (non-hydrogen) atoms. The van der Waals surface area contributed by atoms with Crippen LogP contribution >= 0.6 is 0 Å². The summed E-state index contributed by atoms with van der Waals surface area (Å²) in [4.78, 5) is 38.3. The van der Waals surface area contributed by atoms with E-state index in [0.29, 0.717) is 0 Å². The van der Waals surface area contributed by atoms with E-state index in [2.05, 4.69) is 0 Å². The van der Waals surface area contributed by atoms with E-state index < -0.39 is 94.0 Å². The van der Waals surface area contributed by atoms with E-state index in [0.717, 1.165) is 0 Å². The molecule has 4 heterocycles. The average Bonchev–Trinajstić information content (AvgIpc) is 3.35. The number of rotatable bonds is 0. The number of aliphatic hydroxyl groups is 4. The molecule has 2 aliphatic carbocycles. The van der Waals surface area contributed by atoms with Crippen molar-refractivity contribution in [2.45, 2.75) is 75.7 Å². The second kappa shape index (κ2) is 4.91. The fourth-order valence-electron chi connectivity index (χ4n) is 8.27. The molecular formula is C20H24O11. The van der Waals surface area contributed by atoms with Crippen LogP contribution in [0.1, 0.15) is 27.7 Å². The van der Waals surface area contributed by atoms with Crippen LogP contribution in [0.4, 0.5) is 0 Å². The Labute approximate surface area is 176 Å². The summed E-state index contributed by atoms with van der Waals surface area (Å²) in [6.07, 6.45) is -9.69. The molecule has 6 rings (SSSR count). The summed E-state index contributed by atoms with van der Waals surface area (Å²) < 4.78 is 22.2. The van der Waals surface area contributed by atoms with Crippen LogP contribution in [0.2, 0.25) is 0 Å². The molecule has 2 spiro atoms. The zero-order valence-electron chi connectivity index (χ0n) is 17.3. The standard InChI is InChI=1S/C20H24O11/c1-5-12(24)28-11-8(22)18-10-6(21)7(16(2,3)4)17(18)9(23)13(25)30-15(17)31-20(18,14(26)29-10)19(5,11)27/h5-11,15,21-23,27H,1-4H3/t5-,6+,7-,8-,9-,10?,11?,15?,17?,18?,19+,20+/m0/s1. The molecule has 4 N–H and O–H groups in total. The van der Waals surface area contributed by atoms with Crippen LogP contribution in [0.15, 0.2) is 0 Å². The van der Waals surface area contributed by atoms with Crippen LogP contribution in [-0.4, -0.2) is 86.3 Å². The maximum absolute atomic E-state index is 13.4. The molecule has 6 fully saturated rings. The summed E-state index contributed by atoms with van der Waals surface area (Å²) >= 11 is 0. The van der Waals surface area contributed by atoms with Crippen molar-refractivity contribution in [1.82, 2.24) is 0 Å². The van der Waals surface area contributed by atoms with Crippen molar-refractivity contribution in [3.63, 3.8) is 0 Å². The lowest BCUT2D eigenvalue weighted by molar-refractivity contribution is -0.240. The first-order valence-electron chi connectivity index (χ1n) is 10.3. The molecule has 0 bridgehead atoms. The van der Waals surface area contributed by atoms with Crippen LogP contribution in [0.25, 0.3) is 0 Å². The molecule has 0 amide bonds. The number of fused-ring (bicyclic) bond motifs is 1.